The Morgan fingerprint density at radius 3 is 3.06 bits per heavy atom. The molecule has 1 fully saturated rings. The Balaban J connectivity index is 1.89. The van der Waals surface area contributed by atoms with Gasteiger partial charge in [-0.3, -0.25) is 4.90 Å². The van der Waals surface area contributed by atoms with Crippen LogP contribution in [0.25, 0.3) is 0 Å². The molecule has 1 aliphatic heterocycles. The van der Waals surface area contributed by atoms with Gasteiger partial charge >= 0.3 is 0 Å². The molecule has 0 amide bonds. The number of β-amino-alcohol motifs (C(OH)–C–C–N with tert-alkyl or cyclic N) is 1. The zero-order chi connectivity index (χ0) is 11.5. The summed E-state index contributed by atoms with van der Waals surface area (Å²) in [5, 5.41) is 16.6. The van der Waals surface area contributed by atoms with Gasteiger partial charge in [0.05, 0.1) is 24.5 Å². The highest BCUT2D eigenvalue weighted by Gasteiger charge is 2.19. The highest BCUT2D eigenvalue weighted by atomic mass is 16.3. The predicted octanol–water partition coefficient (Wildman–Crippen LogP) is -0.426. The Morgan fingerprint density at radius 2 is 2.44 bits per heavy atom. The first-order valence-corrected chi connectivity index (χ1v) is 5.60. The maximum atomic E-state index is 9.41. The lowest BCUT2D eigenvalue weighted by molar-refractivity contribution is 0.175. The number of anilines is 2. The predicted molar refractivity (Wildman–Crippen MR) is 63.2 cm³/mol. The van der Waals surface area contributed by atoms with Gasteiger partial charge in [-0.25, -0.2) is 4.68 Å². The van der Waals surface area contributed by atoms with E-state index in [2.05, 4.69) is 15.3 Å². The lowest BCUT2D eigenvalue weighted by Gasteiger charge is -2.15. The number of rotatable bonds is 4. The molecule has 6 nitrogen and oxygen atoms in total. The molecule has 0 spiro atoms. The molecule has 1 saturated heterocycles. The number of likely N-dealkylation sites (tertiary alicyclic amines) is 1. The monoisotopic (exact) mass is 225 g/mol. The fourth-order valence-corrected chi connectivity index (χ4v) is 2.09. The van der Waals surface area contributed by atoms with Crippen molar-refractivity contribution in [2.45, 2.75) is 19.1 Å². The first-order valence-electron chi connectivity index (χ1n) is 5.60. The van der Waals surface area contributed by atoms with Crippen LogP contribution in [-0.2, 0) is 6.54 Å². The van der Waals surface area contributed by atoms with Crippen molar-refractivity contribution in [1.82, 2.24) is 14.7 Å². The highest BCUT2D eigenvalue weighted by Crippen LogP contribution is 2.16. The smallest absolute Gasteiger partial charge is 0.147 e. The van der Waals surface area contributed by atoms with Gasteiger partial charge < -0.3 is 16.2 Å². The quantitative estimate of drug-likeness (QED) is 0.648. The normalized spacial score (nSPS) is 21.5. The van der Waals surface area contributed by atoms with Crippen LogP contribution in [0.15, 0.2) is 6.20 Å². The topological polar surface area (TPSA) is 79.3 Å². The van der Waals surface area contributed by atoms with E-state index < -0.39 is 0 Å². The van der Waals surface area contributed by atoms with E-state index in [1.165, 1.54) is 0 Å². The number of nitrogens with one attached hydrogen (secondary N) is 1. The Hall–Kier alpha value is -1.27. The van der Waals surface area contributed by atoms with Crippen LogP contribution in [0.2, 0.25) is 0 Å². The fourth-order valence-electron chi connectivity index (χ4n) is 2.09. The first kappa shape index (κ1) is 11.2. The molecule has 90 valence electrons. The Labute approximate surface area is 95.0 Å². The lowest BCUT2D eigenvalue weighted by atomic mass is 10.3. The standard InChI is InChI=1S/C10H19N5O/c1-12-10-9(11)6-13-15(10)5-4-14-3-2-8(16)7-14/h6,8,12,16H,2-5,7,11H2,1H3. The minimum Gasteiger partial charge on any atom is -0.394 e. The number of nitrogens with zero attached hydrogens (tertiary/aromatic N) is 3. The molecular formula is C10H19N5O. The zero-order valence-corrected chi connectivity index (χ0v) is 9.56. The van der Waals surface area contributed by atoms with Crippen molar-refractivity contribution in [2.75, 3.05) is 37.7 Å². The van der Waals surface area contributed by atoms with Crippen LogP contribution in [0.5, 0.6) is 0 Å². The van der Waals surface area contributed by atoms with Crippen LogP contribution >= 0.6 is 0 Å². The van der Waals surface area contributed by atoms with E-state index >= 15 is 0 Å². The molecule has 2 rings (SSSR count). The van der Waals surface area contributed by atoms with Crippen LogP contribution in [0.1, 0.15) is 6.42 Å². The van der Waals surface area contributed by atoms with Crippen LogP contribution in [0.4, 0.5) is 11.5 Å². The Morgan fingerprint density at radius 1 is 1.62 bits per heavy atom. The maximum absolute atomic E-state index is 9.41. The summed E-state index contributed by atoms with van der Waals surface area (Å²) in [4.78, 5) is 2.24. The molecule has 1 aromatic rings. The van der Waals surface area contributed by atoms with Crippen molar-refractivity contribution in [3.05, 3.63) is 6.20 Å². The number of hydrogen-bond acceptors (Lipinski definition) is 5. The van der Waals surface area contributed by atoms with Crippen molar-refractivity contribution < 1.29 is 5.11 Å². The van der Waals surface area contributed by atoms with Gasteiger partial charge in [0.15, 0.2) is 0 Å². The van der Waals surface area contributed by atoms with Gasteiger partial charge in [-0.15, -0.1) is 0 Å². The van der Waals surface area contributed by atoms with Crippen LogP contribution < -0.4 is 11.1 Å². The molecule has 1 unspecified atom stereocenters. The molecule has 2 heterocycles. The summed E-state index contributed by atoms with van der Waals surface area (Å²) in [5.41, 5.74) is 6.43. The van der Waals surface area contributed by atoms with E-state index in [4.69, 9.17) is 5.73 Å². The van der Waals surface area contributed by atoms with E-state index in [0.717, 1.165) is 38.4 Å². The summed E-state index contributed by atoms with van der Waals surface area (Å²) in [6, 6.07) is 0. The minimum atomic E-state index is -0.161. The molecule has 0 aromatic carbocycles. The van der Waals surface area contributed by atoms with Crippen LogP contribution in [0.3, 0.4) is 0 Å². The molecule has 16 heavy (non-hydrogen) atoms. The molecule has 1 aromatic heterocycles. The SMILES string of the molecule is CNc1c(N)cnn1CCN1CCC(O)C1. The Bertz CT molecular complexity index is 351. The van der Waals surface area contributed by atoms with Crippen molar-refractivity contribution in [3.8, 4) is 0 Å². The fraction of sp³-hybridized carbons (Fsp3) is 0.700. The zero-order valence-electron chi connectivity index (χ0n) is 9.56. The van der Waals surface area contributed by atoms with Gasteiger partial charge in [0.1, 0.15) is 5.82 Å². The molecule has 4 N–H and O–H groups in total. The average molecular weight is 225 g/mol. The molecule has 6 heteroatoms. The number of aliphatic hydroxyl groups excluding tert-OH is 1. The van der Waals surface area contributed by atoms with Gasteiger partial charge in [0.2, 0.25) is 0 Å². The molecule has 0 aliphatic carbocycles. The second-order valence-electron chi connectivity index (χ2n) is 4.16. The van der Waals surface area contributed by atoms with E-state index in [1.807, 2.05) is 11.7 Å². The summed E-state index contributed by atoms with van der Waals surface area (Å²) in [6.07, 6.45) is 2.37. The third-order valence-corrected chi connectivity index (χ3v) is 2.98. The van der Waals surface area contributed by atoms with Crippen molar-refractivity contribution >= 4 is 11.5 Å². The van der Waals surface area contributed by atoms with Gasteiger partial charge in [-0.2, -0.15) is 5.10 Å². The van der Waals surface area contributed by atoms with Gasteiger partial charge in [0.25, 0.3) is 0 Å². The molecular weight excluding hydrogens is 206 g/mol. The molecule has 0 bridgehead atoms. The third kappa shape index (κ3) is 2.28. The average Bonchev–Trinajstić information content (AvgIpc) is 2.82. The van der Waals surface area contributed by atoms with Crippen molar-refractivity contribution in [2.24, 2.45) is 0 Å². The largest absolute Gasteiger partial charge is 0.394 e. The second kappa shape index (κ2) is 4.71. The summed E-state index contributed by atoms with van der Waals surface area (Å²) in [7, 11) is 1.84. The maximum Gasteiger partial charge on any atom is 0.147 e. The van der Waals surface area contributed by atoms with Crippen LogP contribution in [0, 0.1) is 0 Å². The van der Waals surface area contributed by atoms with Crippen molar-refractivity contribution in [3.63, 3.8) is 0 Å². The lowest BCUT2D eigenvalue weighted by Crippen LogP contribution is -2.26. The summed E-state index contributed by atoms with van der Waals surface area (Å²) < 4.78 is 1.86. The summed E-state index contributed by atoms with van der Waals surface area (Å²) in [6.45, 7) is 3.42. The molecule has 0 radical (unpaired) electrons. The summed E-state index contributed by atoms with van der Waals surface area (Å²) >= 11 is 0. The summed E-state index contributed by atoms with van der Waals surface area (Å²) in [5.74, 6) is 0.861. The van der Waals surface area contributed by atoms with Gasteiger partial charge in [-0.1, -0.05) is 0 Å². The number of hydrogen-bond donors (Lipinski definition) is 3. The van der Waals surface area contributed by atoms with Crippen molar-refractivity contribution in [1.29, 1.82) is 0 Å². The minimum absolute atomic E-state index is 0.161. The molecule has 1 aliphatic rings. The number of aliphatic hydroxyl groups is 1. The number of nitrogens with two attached hydrogens (primary N) is 1. The third-order valence-electron chi connectivity index (χ3n) is 2.98. The van der Waals surface area contributed by atoms with Gasteiger partial charge in [-0.05, 0) is 6.42 Å². The van der Waals surface area contributed by atoms with E-state index in [0.29, 0.717) is 5.69 Å². The molecule has 1 atom stereocenters. The van der Waals surface area contributed by atoms with E-state index in [-0.39, 0.29) is 6.10 Å². The van der Waals surface area contributed by atoms with Gasteiger partial charge in [0, 0.05) is 26.7 Å². The number of nitrogen functional groups attached to an aromatic ring is 1. The highest BCUT2D eigenvalue weighted by molar-refractivity contribution is 5.60. The van der Waals surface area contributed by atoms with E-state index in [9.17, 15) is 5.11 Å². The first-order chi connectivity index (χ1) is 7.70. The molecule has 0 saturated carbocycles. The second-order valence-corrected chi connectivity index (χ2v) is 4.16. The van der Waals surface area contributed by atoms with Crippen LogP contribution in [-0.4, -0.2) is 52.6 Å². The Kier molecular flexibility index (Phi) is 3.31. The van der Waals surface area contributed by atoms with E-state index in [1.54, 1.807) is 6.20 Å². The number of aromatic nitrogens is 2.